The lowest BCUT2D eigenvalue weighted by Gasteiger charge is -2.17. The van der Waals surface area contributed by atoms with Gasteiger partial charge in [-0.3, -0.25) is 15.2 Å². The van der Waals surface area contributed by atoms with Crippen LogP contribution in [0.2, 0.25) is 0 Å². The van der Waals surface area contributed by atoms with Gasteiger partial charge in [0.25, 0.3) is 0 Å². The standard InChI is InChI=1S/C12H17N3O/c13-8-1-2-10-3-5-11(6-4-10)15-9-7-12(16)14-15/h3-6H,1-2,7-9,13H2,(H,14,16). The molecule has 0 aromatic heterocycles. The van der Waals surface area contributed by atoms with Crippen LogP contribution in [0.25, 0.3) is 0 Å². The van der Waals surface area contributed by atoms with Crippen LogP contribution in [0.15, 0.2) is 24.3 Å². The van der Waals surface area contributed by atoms with Gasteiger partial charge in [0.05, 0.1) is 5.69 Å². The normalized spacial score (nSPS) is 15.3. The van der Waals surface area contributed by atoms with Crippen molar-refractivity contribution < 1.29 is 4.79 Å². The number of hydrogen-bond donors (Lipinski definition) is 2. The van der Waals surface area contributed by atoms with Crippen LogP contribution in [-0.2, 0) is 11.2 Å². The molecule has 1 saturated heterocycles. The van der Waals surface area contributed by atoms with Crippen molar-refractivity contribution in [2.24, 2.45) is 5.73 Å². The number of rotatable bonds is 4. The highest BCUT2D eigenvalue weighted by Crippen LogP contribution is 2.17. The van der Waals surface area contributed by atoms with Gasteiger partial charge in [0.15, 0.2) is 0 Å². The maximum atomic E-state index is 11.1. The number of amides is 1. The Morgan fingerprint density at radius 3 is 2.62 bits per heavy atom. The smallest absolute Gasteiger partial charge is 0.240 e. The molecule has 0 radical (unpaired) electrons. The van der Waals surface area contributed by atoms with E-state index in [1.807, 2.05) is 17.1 Å². The fourth-order valence-corrected chi connectivity index (χ4v) is 1.82. The lowest BCUT2D eigenvalue weighted by Crippen LogP contribution is -2.32. The zero-order valence-corrected chi connectivity index (χ0v) is 9.28. The van der Waals surface area contributed by atoms with Crippen LogP contribution in [0.5, 0.6) is 0 Å². The molecule has 0 aliphatic carbocycles. The van der Waals surface area contributed by atoms with Gasteiger partial charge < -0.3 is 5.73 Å². The molecule has 1 aliphatic rings. The van der Waals surface area contributed by atoms with Gasteiger partial charge >= 0.3 is 0 Å². The number of nitrogens with one attached hydrogen (secondary N) is 1. The van der Waals surface area contributed by atoms with Gasteiger partial charge in [-0.05, 0) is 37.1 Å². The third-order valence-electron chi connectivity index (χ3n) is 2.74. The molecule has 86 valence electrons. The van der Waals surface area contributed by atoms with Gasteiger partial charge in [0, 0.05) is 13.0 Å². The Morgan fingerprint density at radius 2 is 2.06 bits per heavy atom. The second-order valence-corrected chi connectivity index (χ2v) is 4.00. The molecule has 2 rings (SSSR count). The van der Waals surface area contributed by atoms with Crippen LogP contribution in [0.4, 0.5) is 5.69 Å². The molecular weight excluding hydrogens is 202 g/mol. The van der Waals surface area contributed by atoms with Gasteiger partial charge in [-0.2, -0.15) is 0 Å². The number of benzene rings is 1. The van der Waals surface area contributed by atoms with Gasteiger partial charge in [0.2, 0.25) is 5.91 Å². The largest absolute Gasteiger partial charge is 0.330 e. The first kappa shape index (κ1) is 11.0. The second kappa shape index (κ2) is 4.99. The van der Waals surface area contributed by atoms with Crippen molar-refractivity contribution in [3.8, 4) is 0 Å². The summed E-state index contributed by atoms with van der Waals surface area (Å²) in [6.07, 6.45) is 2.61. The van der Waals surface area contributed by atoms with E-state index in [9.17, 15) is 4.79 Å². The number of hydrogen-bond acceptors (Lipinski definition) is 3. The molecule has 1 heterocycles. The van der Waals surface area contributed by atoms with E-state index in [1.54, 1.807) is 0 Å². The molecular formula is C12H17N3O. The van der Waals surface area contributed by atoms with Crippen molar-refractivity contribution in [1.82, 2.24) is 5.43 Å². The van der Waals surface area contributed by atoms with Crippen molar-refractivity contribution in [1.29, 1.82) is 0 Å². The van der Waals surface area contributed by atoms with E-state index in [-0.39, 0.29) is 5.91 Å². The number of hydrazine groups is 1. The molecule has 3 N–H and O–H groups in total. The minimum Gasteiger partial charge on any atom is -0.330 e. The number of anilines is 1. The second-order valence-electron chi connectivity index (χ2n) is 4.00. The number of aryl methyl sites for hydroxylation is 1. The molecule has 1 aliphatic heterocycles. The average molecular weight is 219 g/mol. The fraction of sp³-hybridized carbons (Fsp3) is 0.417. The van der Waals surface area contributed by atoms with Crippen LogP contribution in [-0.4, -0.2) is 19.0 Å². The summed E-state index contributed by atoms with van der Waals surface area (Å²) >= 11 is 0. The molecule has 0 atom stereocenters. The summed E-state index contributed by atoms with van der Waals surface area (Å²) in [5.41, 5.74) is 10.6. The zero-order chi connectivity index (χ0) is 11.4. The van der Waals surface area contributed by atoms with Crippen LogP contribution >= 0.6 is 0 Å². The van der Waals surface area contributed by atoms with E-state index < -0.39 is 0 Å². The first-order valence-electron chi connectivity index (χ1n) is 5.65. The highest BCUT2D eigenvalue weighted by Gasteiger charge is 2.17. The number of nitrogens with two attached hydrogens (primary N) is 1. The van der Waals surface area contributed by atoms with Crippen molar-refractivity contribution in [3.05, 3.63) is 29.8 Å². The third kappa shape index (κ3) is 2.52. The Bertz CT molecular complexity index is 361. The highest BCUT2D eigenvalue weighted by molar-refractivity contribution is 5.81. The van der Waals surface area contributed by atoms with Crippen molar-refractivity contribution in [2.75, 3.05) is 18.1 Å². The average Bonchev–Trinajstić information content (AvgIpc) is 2.74. The Morgan fingerprint density at radius 1 is 1.31 bits per heavy atom. The van der Waals surface area contributed by atoms with Crippen LogP contribution < -0.4 is 16.2 Å². The third-order valence-corrected chi connectivity index (χ3v) is 2.74. The maximum Gasteiger partial charge on any atom is 0.240 e. The maximum absolute atomic E-state index is 11.1. The molecule has 1 amide bonds. The topological polar surface area (TPSA) is 58.4 Å². The summed E-state index contributed by atoms with van der Waals surface area (Å²) < 4.78 is 0. The summed E-state index contributed by atoms with van der Waals surface area (Å²) in [5.74, 6) is 0.0900. The minimum atomic E-state index is 0.0900. The lowest BCUT2D eigenvalue weighted by molar-refractivity contribution is -0.119. The van der Waals surface area contributed by atoms with Gasteiger partial charge in [-0.1, -0.05) is 12.1 Å². The molecule has 0 bridgehead atoms. The monoisotopic (exact) mass is 219 g/mol. The van der Waals surface area contributed by atoms with E-state index in [1.165, 1.54) is 5.56 Å². The molecule has 1 fully saturated rings. The van der Waals surface area contributed by atoms with E-state index >= 15 is 0 Å². The molecule has 1 aromatic carbocycles. The van der Waals surface area contributed by atoms with Gasteiger partial charge in [0.1, 0.15) is 0 Å². The SMILES string of the molecule is NCCCc1ccc(N2CCC(=O)N2)cc1. The van der Waals surface area contributed by atoms with E-state index in [4.69, 9.17) is 5.73 Å². The fourth-order valence-electron chi connectivity index (χ4n) is 1.82. The summed E-state index contributed by atoms with van der Waals surface area (Å²) in [4.78, 5) is 11.1. The first-order valence-corrected chi connectivity index (χ1v) is 5.65. The Hall–Kier alpha value is -1.55. The molecule has 0 saturated carbocycles. The van der Waals surface area contributed by atoms with Crippen LogP contribution in [0, 0.1) is 0 Å². The highest BCUT2D eigenvalue weighted by atomic mass is 16.2. The first-order chi connectivity index (χ1) is 7.79. The minimum absolute atomic E-state index is 0.0900. The lowest BCUT2D eigenvalue weighted by atomic mass is 10.1. The van der Waals surface area contributed by atoms with Crippen molar-refractivity contribution in [2.45, 2.75) is 19.3 Å². The molecule has 16 heavy (non-hydrogen) atoms. The zero-order valence-electron chi connectivity index (χ0n) is 9.28. The Balaban J connectivity index is 1.99. The predicted molar refractivity (Wildman–Crippen MR) is 63.9 cm³/mol. The molecule has 1 aromatic rings. The molecule has 4 heteroatoms. The van der Waals surface area contributed by atoms with Crippen molar-refractivity contribution >= 4 is 11.6 Å². The van der Waals surface area contributed by atoms with Gasteiger partial charge in [-0.15, -0.1) is 0 Å². The number of carbonyl (C=O) groups excluding carboxylic acids is 1. The van der Waals surface area contributed by atoms with Crippen LogP contribution in [0.1, 0.15) is 18.4 Å². The number of nitrogens with zero attached hydrogens (tertiary/aromatic N) is 1. The van der Waals surface area contributed by atoms with E-state index in [0.717, 1.165) is 31.6 Å². The summed E-state index contributed by atoms with van der Waals surface area (Å²) in [5, 5.41) is 1.88. The quantitative estimate of drug-likeness (QED) is 0.788. The van der Waals surface area contributed by atoms with E-state index in [2.05, 4.69) is 17.6 Å². The number of carbonyl (C=O) groups is 1. The van der Waals surface area contributed by atoms with Crippen LogP contribution in [0.3, 0.4) is 0 Å². The Labute approximate surface area is 95.4 Å². The molecule has 4 nitrogen and oxygen atoms in total. The molecule has 0 unspecified atom stereocenters. The van der Waals surface area contributed by atoms with Crippen molar-refractivity contribution in [3.63, 3.8) is 0 Å². The summed E-state index contributed by atoms with van der Waals surface area (Å²) in [7, 11) is 0. The Kier molecular flexibility index (Phi) is 3.41. The molecule has 0 spiro atoms. The van der Waals surface area contributed by atoms with Gasteiger partial charge in [-0.25, -0.2) is 0 Å². The summed E-state index contributed by atoms with van der Waals surface area (Å²) in [6.45, 7) is 1.48. The predicted octanol–water partition coefficient (Wildman–Crippen LogP) is 0.819. The van der Waals surface area contributed by atoms with E-state index in [0.29, 0.717) is 6.42 Å². The summed E-state index contributed by atoms with van der Waals surface area (Å²) in [6, 6.07) is 8.26.